The van der Waals surface area contributed by atoms with Gasteiger partial charge in [0, 0.05) is 49.4 Å². The Labute approximate surface area is 357 Å². The topological polar surface area (TPSA) is 61.4 Å². The molecule has 0 unspecified atom stereocenters. The van der Waals surface area contributed by atoms with Crippen molar-refractivity contribution in [3.8, 4) is 68.1 Å². The summed E-state index contributed by atoms with van der Waals surface area (Å²) in [5.74, 6) is 1.72. The van der Waals surface area contributed by atoms with Crippen molar-refractivity contribution in [2.75, 3.05) is 0 Å². The van der Waals surface area contributed by atoms with E-state index in [9.17, 15) is 0 Å². The standard InChI is InChI=1S/C56H36N6/c1-4-17-37(18-5-1)42-23-10-13-28-49(42)61-50-29-14-11-24-43(50)45-35-36-46-44-25-12-15-30-51(44)62(53(46)52(45)61)56-59-54(40-21-8-3-9-22-40)58-55(60-56)41-33-31-39(32-34-41)48-27-16-26-47(57-48)38-19-6-2-7-20-38/h1-36H. The zero-order valence-electron chi connectivity index (χ0n) is 33.5. The Morgan fingerprint density at radius 2 is 0.726 bits per heavy atom. The highest BCUT2D eigenvalue weighted by molar-refractivity contribution is 6.24. The first-order valence-corrected chi connectivity index (χ1v) is 20.8. The van der Waals surface area contributed by atoms with Crippen LogP contribution in [0.3, 0.4) is 0 Å². The molecule has 12 aromatic rings. The Morgan fingerprint density at radius 1 is 0.274 bits per heavy atom. The largest absolute Gasteiger partial charge is 0.307 e. The molecule has 0 saturated heterocycles. The van der Waals surface area contributed by atoms with Crippen LogP contribution in [0.15, 0.2) is 218 Å². The van der Waals surface area contributed by atoms with Crippen LogP contribution >= 0.6 is 0 Å². The van der Waals surface area contributed by atoms with Crippen molar-refractivity contribution in [3.63, 3.8) is 0 Å². The van der Waals surface area contributed by atoms with Gasteiger partial charge in [-0.25, -0.2) is 9.97 Å². The molecule has 0 bridgehead atoms. The third-order valence-corrected chi connectivity index (χ3v) is 11.8. The summed E-state index contributed by atoms with van der Waals surface area (Å²) in [5, 5.41) is 4.56. The summed E-state index contributed by atoms with van der Waals surface area (Å²) in [6.07, 6.45) is 0. The third kappa shape index (κ3) is 5.88. The number of nitrogens with zero attached hydrogens (tertiary/aromatic N) is 6. The first kappa shape index (κ1) is 35.5. The molecule has 0 aliphatic heterocycles. The van der Waals surface area contributed by atoms with Gasteiger partial charge in [-0.05, 0) is 35.9 Å². The van der Waals surface area contributed by atoms with E-state index in [1.807, 2.05) is 36.4 Å². The van der Waals surface area contributed by atoms with E-state index in [1.54, 1.807) is 0 Å². The fourth-order valence-corrected chi connectivity index (χ4v) is 8.95. The summed E-state index contributed by atoms with van der Waals surface area (Å²) in [6, 6.07) is 76.1. The van der Waals surface area contributed by atoms with Crippen molar-refractivity contribution < 1.29 is 0 Å². The maximum atomic E-state index is 5.37. The lowest BCUT2D eigenvalue weighted by atomic mass is 10.0. The maximum Gasteiger partial charge on any atom is 0.238 e. The zero-order valence-corrected chi connectivity index (χ0v) is 33.5. The van der Waals surface area contributed by atoms with Crippen molar-refractivity contribution in [2.24, 2.45) is 0 Å². The molecule has 0 atom stereocenters. The number of pyridine rings is 1. The first-order chi connectivity index (χ1) is 30.8. The SMILES string of the molecule is c1ccc(-c2cccc(-c3ccc(-c4nc(-c5ccccc5)nc(-n5c6ccccc6c6ccc7c8ccccc8n(-c8ccccc8-c8ccccc8)c7c65)n4)cc3)n2)cc1. The zero-order chi connectivity index (χ0) is 41.0. The highest BCUT2D eigenvalue weighted by Crippen LogP contribution is 2.43. The minimum atomic E-state index is 0.544. The van der Waals surface area contributed by atoms with Gasteiger partial charge in [0.15, 0.2) is 11.6 Å². The van der Waals surface area contributed by atoms with Gasteiger partial charge in [0.1, 0.15) is 0 Å². The van der Waals surface area contributed by atoms with Crippen LogP contribution in [0.25, 0.3) is 112 Å². The van der Waals surface area contributed by atoms with E-state index in [4.69, 9.17) is 19.9 Å². The summed E-state index contributed by atoms with van der Waals surface area (Å²) in [6.45, 7) is 0. The first-order valence-electron chi connectivity index (χ1n) is 20.8. The Hall–Kier alpha value is -8.48. The number of para-hydroxylation sites is 3. The molecule has 0 spiro atoms. The molecular weight excluding hydrogens is 757 g/mol. The van der Waals surface area contributed by atoms with E-state index in [1.165, 1.54) is 5.39 Å². The number of rotatable bonds is 7. The Bertz CT molecular complexity index is 3610. The van der Waals surface area contributed by atoms with Gasteiger partial charge in [-0.3, -0.25) is 4.57 Å². The molecule has 0 radical (unpaired) electrons. The molecule has 0 saturated carbocycles. The molecule has 0 aliphatic carbocycles. The van der Waals surface area contributed by atoms with Crippen molar-refractivity contribution in [1.82, 2.24) is 29.1 Å². The molecule has 8 aromatic carbocycles. The molecule has 0 aliphatic rings. The second-order valence-corrected chi connectivity index (χ2v) is 15.4. The third-order valence-electron chi connectivity index (χ3n) is 11.8. The smallest absolute Gasteiger partial charge is 0.238 e. The summed E-state index contributed by atoms with van der Waals surface area (Å²) in [4.78, 5) is 20.9. The summed E-state index contributed by atoms with van der Waals surface area (Å²) < 4.78 is 4.68. The predicted octanol–water partition coefficient (Wildman–Crippen LogP) is 13.8. The van der Waals surface area contributed by atoms with Gasteiger partial charge in [-0.1, -0.05) is 188 Å². The minimum absolute atomic E-state index is 0.544. The fraction of sp³-hybridized carbons (Fsp3) is 0. The monoisotopic (exact) mass is 792 g/mol. The van der Waals surface area contributed by atoms with Crippen molar-refractivity contribution in [3.05, 3.63) is 218 Å². The molecule has 6 nitrogen and oxygen atoms in total. The summed E-state index contributed by atoms with van der Waals surface area (Å²) in [7, 11) is 0. The molecule has 0 amide bonds. The molecule has 290 valence electrons. The van der Waals surface area contributed by atoms with Crippen molar-refractivity contribution in [1.29, 1.82) is 0 Å². The van der Waals surface area contributed by atoms with Crippen molar-refractivity contribution in [2.45, 2.75) is 0 Å². The van der Waals surface area contributed by atoms with Gasteiger partial charge in [-0.15, -0.1) is 0 Å². The van der Waals surface area contributed by atoms with Gasteiger partial charge >= 0.3 is 0 Å². The average Bonchev–Trinajstić information content (AvgIpc) is 3.88. The van der Waals surface area contributed by atoms with E-state index in [2.05, 4.69) is 191 Å². The highest BCUT2D eigenvalue weighted by Gasteiger charge is 2.24. The molecule has 6 heteroatoms. The van der Waals surface area contributed by atoms with Gasteiger partial charge in [0.25, 0.3) is 0 Å². The number of aromatic nitrogens is 6. The lowest BCUT2D eigenvalue weighted by molar-refractivity contribution is 0.953. The number of hydrogen-bond acceptors (Lipinski definition) is 4. The molecule has 12 rings (SSSR count). The van der Waals surface area contributed by atoms with Gasteiger partial charge < -0.3 is 4.57 Å². The molecule has 62 heavy (non-hydrogen) atoms. The van der Waals surface area contributed by atoms with Crippen LogP contribution in [-0.2, 0) is 0 Å². The predicted molar refractivity (Wildman–Crippen MR) is 253 cm³/mol. The van der Waals surface area contributed by atoms with Crippen LogP contribution in [0.2, 0.25) is 0 Å². The molecule has 0 fully saturated rings. The number of hydrogen-bond donors (Lipinski definition) is 0. The van der Waals surface area contributed by atoms with Crippen molar-refractivity contribution >= 4 is 43.6 Å². The lowest BCUT2D eigenvalue weighted by Gasteiger charge is -2.16. The minimum Gasteiger partial charge on any atom is -0.307 e. The van der Waals surface area contributed by atoms with E-state index in [-0.39, 0.29) is 0 Å². The van der Waals surface area contributed by atoms with Crippen LogP contribution in [-0.4, -0.2) is 29.1 Å². The van der Waals surface area contributed by atoms with Crippen LogP contribution in [0, 0.1) is 0 Å². The summed E-state index contributed by atoms with van der Waals surface area (Å²) in [5.41, 5.74) is 13.4. The van der Waals surface area contributed by atoms with Gasteiger partial charge in [0.2, 0.25) is 5.95 Å². The van der Waals surface area contributed by atoms with Gasteiger partial charge in [0.05, 0.1) is 39.1 Å². The fourth-order valence-electron chi connectivity index (χ4n) is 8.95. The molecule has 0 N–H and O–H groups in total. The van der Waals surface area contributed by atoms with Crippen LogP contribution in [0.1, 0.15) is 0 Å². The lowest BCUT2D eigenvalue weighted by Crippen LogP contribution is -2.07. The highest BCUT2D eigenvalue weighted by atomic mass is 15.2. The normalized spacial score (nSPS) is 11.5. The second kappa shape index (κ2) is 14.7. The molecular formula is C56H36N6. The number of fused-ring (bicyclic) bond motifs is 7. The quantitative estimate of drug-likeness (QED) is 0.161. The van der Waals surface area contributed by atoms with Crippen LogP contribution in [0.5, 0.6) is 0 Å². The Balaban J connectivity index is 1.11. The summed E-state index contributed by atoms with van der Waals surface area (Å²) >= 11 is 0. The maximum absolute atomic E-state index is 5.37. The number of benzene rings is 8. The average molecular weight is 793 g/mol. The molecule has 4 heterocycles. The van der Waals surface area contributed by atoms with E-state index in [0.717, 1.165) is 88.7 Å². The van der Waals surface area contributed by atoms with E-state index >= 15 is 0 Å². The van der Waals surface area contributed by atoms with Crippen LogP contribution in [0.4, 0.5) is 0 Å². The van der Waals surface area contributed by atoms with E-state index in [0.29, 0.717) is 17.6 Å². The Morgan fingerprint density at radius 3 is 1.35 bits per heavy atom. The Kier molecular flexibility index (Phi) is 8.38. The molecule has 4 aromatic heterocycles. The van der Waals surface area contributed by atoms with Gasteiger partial charge in [-0.2, -0.15) is 9.97 Å². The van der Waals surface area contributed by atoms with Crippen LogP contribution < -0.4 is 0 Å². The second-order valence-electron chi connectivity index (χ2n) is 15.4. The van der Waals surface area contributed by atoms with E-state index < -0.39 is 0 Å².